The predicted molar refractivity (Wildman–Crippen MR) is 115 cm³/mol. The first-order valence-corrected chi connectivity index (χ1v) is 9.74. The second kappa shape index (κ2) is 8.88. The summed E-state index contributed by atoms with van der Waals surface area (Å²) in [6.07, 6.45) is 1.47. The first-order valence-electron chi connectivity index (χ1n) is 9.36. The van der Waals surface area contributed by atoms with Crippen molar-refractivity contribution >= 4 is 29.0 Å². The number of amides is 1. The molecule has 32 heavy (non-hydrogen) atoms. The molecule has 0 spiro atoms. The number of hydrogen-bond donors (Lipinski definition) is 1. The maximum Gasteiger partial charge on any atom is 0.249 e. The first kappa shape index (κ1) is 21.0. The number of furan rings is 1. The van der Waals surface area contributed by atoms with Crippen LogP contribution in [-0.2, 0) is 4.79 Å². The molecule has 0 aliphatic carbocycles. The van der Waals surface area contributed by atoms with Crippen molar-refractivity contribution in [3.8, 4) is 23.2 Å². The van der Waals surface area contributed by atoms with Crippen molar-refractivity contribution in [3.63, 3.8) is 0 Å². The second-order valence-corrected chi connectivity index (χ2v) is 7.14. The van der Waals surface area contributed by atoms with E-state index in [4.69, 9.17) is 16.0 Å². The number of nitrogens with one attached hydrogen (secondary N) is 1. The van der Waals surface area contributed by atoms with Gasteiger partial charge in [-0.25, -0.2) is 9.07 Å². The van der Waals surface area contributed by atoms with Gasteiger partial charge in [0.15, 0.2) is 11.7 Å². The molecule has 1 amide bonds. The van der Waals surface area contributed by atoms with Gasteiger partial charge in [0, 0.05) is 10.7 Å². The molecule has 1 atom stereocenters. The van der Waals surface area contributed by atoms with Gasteiger partial charge in [0.05, 0.1) is 18.0 Å². The summed E-state index contributed by atoms with van der Waals surface area (Å²) in [7, 11) is 0. The molecule has 2 aromatic carbocycles. The number of carbonyl (C=O) groups is 2. The number of halogens is 2. The lowest BCUT2D eigenvalue weighted by Crippen LogP contribution is -2.29. The highest BCUT2D eigenvalue weighted by atomic mass is 35.5. The molecule has 4 aromatic rings. The minimum atomic E-state index is -1.66. The van der Waals surface area contributed by atoms with Crippen LogP contribution in [-0.4, -0.2) is 21.5 Å². The van der Waals surface area contributed by atoms with Gasteiger partial charge in [0.25, 0.3) is 0 Å². The lowest BCUT2D eigenvalue weighted by Gasteiger charge is -2.08. The smallest absolute Gasteiger partial charge is 0.249 e. The Hall–Kier alpha value is -4.22. The summed E-state index contributed by atoms with van der Waals surface area (Å²) in [6.45, 7) is 0. The average molecular weight is 449 g/mol. The summed E-state index contributed by atoms with van der Waals surface area (Å²) in [6, 6.07) is 18.3. The Labute approximate surface area is 186 Å². The fourth-order valence-electron chi connectivity index (χ4n) is 3.04. The van der Waals surface area contributed by atoms with Crippen molar-refractivity contribution in [1.29, 1.82) is 5.26 Å². The third-order valence-electron chi connectivity index (χ3n) is 4.55. The van der Waals surface area contributed by atoms with Crippen molar-refractivity contribution in [1.82, 2.24) is 9.78 Å². The molecular formula is C23H14ClFN4O3. The van der Waals surface area contributed by atoms with Gasteiger partial charge in [-0.1, -0.05) is 17.7 Å². The van der Waals surface area contributed by atoms with E-state index in [0.29, 0.717) is 22.2 Å². The fourth-order valence-corrected chi connectivity index (χ4v) is 3.22. The average Bonchev–Trinajstić information content (AvgIpc) is 3.46. The van der Waals surface area contributed by atoms with Crippen LogP contribution in [0, 0.1) is 23.1 Å². The van der Waals surface area contributed by atoms with E-state index in [9.17, 15) is 19.2 Å². The second-order valence-electron chi connectivity index (χ2n) is 6.71. The number of benzene rings is 2. The monoisotopic (exact) mass is 448 g/mol. The van der Waals surface area contributed by atoms with Crippen molar-refractivity contribution < 1.29 is 18.4 Å². The van der Waals surface area contributed by atoms with Gasteiger partial charge in [0.1, 0.15) is 17.2 Å². The van der Waals surface area contributed by atoms with Crippen LogP contribution >= 0.6 is 11.6 Å². The van der Waals surface area contributed by atoms with Gasteiger partial charge in [0.2, 0.25) is 11.7 Å². The van der Waals surface area contributed by atoms with E-state index in [1.807, 2.05) is 0 Å². The molecule has 158 valence electrons. The lowest BCUT2D eigenvalue weighted by atomic mass is 10.0. The predicted octanol–water partition coefficient (Wildman–Crippen LogP) is 4.89. The summed E-state index contributed by atoms with van der Waals surface area (Å²) in [5, 5.41) is 16.7. The summed E-state index contributed by atoms with van der Waals surface area (Å²) in [5.74, 6) is -3.34. The van der Waals surface area contributed by atoms with Gasteiger partial charge in [-0.05, 0) is 60.7 Å². The standard InChI is InChI=1S/C23H14ClFN4O3/c24-14-3-1-4-17(11-14)29-20(21-5-2-10-32-21)12-19(28-29)22(30)18(13-26)23(31)27-16-8-6-15(25)7-9-16/h1-12,18H,(H,27,31)/t18-/m1/s1. The van der Waals surface area contributed by atoms with Crippen LogP contribution in [0.5, 0.6) is 0 Å². The number of hydrogen-bond acceptors (Lipinski definition) is 5. The zero-order chi connectivity index (χ0) is 22.7. The normalized spacial score (nSPS) is 11.5. The Kier molecular flexibility index (Phi) is 5.83. The number of carbonyl (C=O) groups excluding carboxylic acids is 2. The Balaban J connectivity index is 1.68. The maximum absolute atomic E-state index is 13.1. The zero-order valence-corrected chi connectivity index (χ0v) is 17.1. The largest absolute Gasteiger partial charge is 0.463 e. The fraction of sp³-hybridized carbons (Fsp3) is 0.0435. The number of rotatable bonds is 6. The van der Waals surface area contributed by atoms with Gasteiger partial charge < -0.3 is 9.73 Å². The van der Waals surface area contributed by atoms with Crippen LogP contribution in [0.3, 0.4) is 0 Å². The van der Waals surface area contributed by atoms with E-state index >= 15 is 0 Å². The summed E-state index contributed by atoms with van der Waals surface area (Å²) in [5.41, 5.74) is 1.16. The van der Waals surface area contributed by atoms with Crippen molar-refractivity contribution in [2.45, 2.75) is 0 Å². The molecule has 0 unspecified atom stereocenters. The topological polar surface area (TPSA) is 101 Å². The Morgan fingerprint density at radius 1 is 1.12 bits per heavy atom. The molecule has 7 nitrogen and oxygen atoms in total. The SMILES string of the molecule is N#C[C@@H](C(=O)Nc1ccc(F)cc1)C(=O)c1cc(-c2ccco2)n(-c2cccc(Cl)c2)n1. The quantitative estimate of drug-likeness (QED) is 0.334. The molecule has 0 saturated carbocycles. The number of aromatic nitrogens is 2. The minimum Gasteiger partial charge on any atom is -0.463 e. The highest BCUT2D eigenvalue weighted by Crippen LogP contribution is 2.27. The van der Waals surface area contributed by atoms with Gasteiger partial charge in [-0.3, -0.25) is 9.59 Å². The molecular weight excluding hydrogens is 435 g/mol. The summed E-state index contributed by atoms with van der Waals surface area (Å²) < 4.78 is 20.0. The number of ketones is 1. The molecule has 0 aliphatic heterocycles. The van der Waals surface area contributed by atoms with Crippen LogP contribution in [0.15, 0.2) is 77.4 Å². The van der Waals surface area contributed by atoms with Gasteiger partial charge in [-0.2, -0.15) is 10.4 Å². The molecule has 0 aliphatic rings. The van der Waals surface area contributed by atoms with Crippen molar-refractivity contribution in [3.05, 3.63) is 89.5 Å². The number of anilines is 1. The molecule has 2 heterocycles. The number of Topliss-reactive ketones (excluding diaryl/α,β-unsaturated/α-hetero) is 1. The molecule has 9 heteroatoms. The van der Waals surface area contributed by atoms with Crippen LogP contribution in [0.4, 0.5) is 10.1 Å². The molecule has 0 saturated heterocycles. The number of nitriles is 1. The van der Waals surface area contributed by atoms with Crippen LogP contribution in [0.1, 0.15) is 10.5 Å². The van der Waals surface area contributed by atoms with E-state index in [1.54, 1.807) is 42.5 Å². The molecule has 0 bridgehead atoms. The summed E-state index contributed by atoms with van der Waals surface area (Å²) in [4.78, 5) is 25.6. The van der Waals surface area contributed by atoms with Crippen LogP contribution in [0.25, 0.3) is 17.1 Å². The van der Waals surface area contributed by atoms with Crippen LogP contribution in [0.2, 0.25) is 5.02 Å². The Bertz CT molecular complexity index is 1320. The minimum absolute atomic E-state index is 0.0998. The van der Waals surface area contributed by atoms with Crippen molar-refractivity contribution in [2.75, 3.05) is 5.32 Å². The third-order valence-corrected chi connectivity index (χ3v) is 4.79. The summed E-state index contributed by atoms with van der Waals surface area (Å²) >= 11 is 6.09. The third kappa shape index (κ3) is 4.29. The maximum atomic E-state index is 13.1. The zero-order valence-electron chi connectivity index (χ0n) is 16.3. The highest BCUT2D eigenvalue weighted by molar-refractivity contribution is 6.30. The van der Waals surface area contributed by atoms with E-state index in [-0.39, 0.29) is 11.4 Å². The molecule has 0 fully saturated rings. The Morgan fingerprint density at radius 2 is 1.91 bits per heavy atom. The molecule has 2 aromatic heterocycles. The Morgan fingerprint density at radius 3 is 2.56 bits per heavy atom. The lowest BCUT2D eigenvalue weighted by molar-refractivity contribution is -0.117. The molecule has 4 rings (SSSR count). The van der Waals surface area contributed by atoms with E-state index in [1.165, 1.54) is 29.1 Å². The van der Waals surface area contributed by atoms with Gasteiger partial charge >= 0.3 is 0 Å². The van der Waals surface area contributed by atoms with E-state index < -0.39 is 23.4 Å². The van der Waals surface area contributed by atoms with E-state index in [0.717, 1.165) is 12.1 Å². The van der Waals surface area contributed by atoms with Crippen molar-refractivity contribution in [2.24, 2.45) is 5.92 Å². The van der Waals surface area contributed by atoms with E-state index in [2.05, 4.69) is 10.4 Å². The molecule has 0 radical (unpaired) electrons. The van der Waals surface area contributed by atoms with Crippen LogP contribution < -0.4 is 5.32 Å². The molecule has 1 N–H and O–H groups in total. The number of nitrogens with zero attached hydrogens (tertiary/aromatic N) is 3. The first-order chi connectivity index (χ1) is 15.5. The highest BCUT2D eigenvalue weighted by Gasteiger charge is 2.31. The van der Waals surface area contributed by atoms with Gasteiger partial charge in [-0.15, -0.1) is 0 Å².